The van der Waals surface area contributed by atoms with Gasteiger partial charge >= 0.3 is 0 Å². The molecule has 0 spiro atoms. The summed E-state index contributed by atoms with van der Waals surface area (Å²) in [6.07, 6.45) is 0. The van der Waals surface area contributed by atoms with Gasteiger partial charge in [0.1, 0.15) is 11.2 Å². The largest absolute Gasteiger partial charge is 0.456 e. The molecule has 0 bridgehead atoms. The third-order valence-electron chi connectivity index (χ3n) is 10.4. The third-order valence-corrected chi connectivity index (χ3v) is 10.4. The maximum absolute atomic E-state index is 6.27. The molecule has 9 aromatic rings. The van der Waals surface area contributed by atoms with E-state index in [-0.39, 0.29) is 5.41 Å². The molecule has 1 heterocycles. The topological polar surface area (TPSA) is 16.4 Å². The first-order valence-electron chi connectivity index (χ1n) is 16.4. The number of fused-ring (bicyclic) bond motifs is 11. The van der Waals surface area contributed by atoms with Gasteiger partial charge in [-0.15, -0.1) is 0 Å². The molecule has 2 nitrogen and oxygen atoms in total. The molecule has 1 aliphatic carbocycles. The highest BCUT2D eigenvalue weighted by Crippen LogP contribution is 2.51. The van der Waals surface area contributed by atoms with E-state index in [4.69, 9.17) is 4.42 Å². The fourth-order valence-electron chi connectivity index (χ4n) is 8.15. The van der Waals surface area contributed by atoms with Crippen LogP contribution in [0.4, 0.5) is 17.1 Å². The van der Waals surface area contributed by atoms with Crippen LogP contribution in [0.5, 0.6) is 0 Å². The Morgan fingerprint density at radius 1 is 0.447 bits per heavy atom. The number of hydrogen-bond acceptors (Lipinski definition) is 2. The second-order valence-corrected chi connectivity index (χ2v) is 13.3. The van der Waals surface area contributed by atoms with Gasteiger partial charge in [0.05, 0.1) is 5.69 Å². The van der Waals surface area contributed by atoms with Crippen LogP contribution in [-0.4, -0.2) is 0 Å². The van der Waals surface area contributed by atoms with Crippen LogP contribution in [0.15, 0.2) is 156 Å². The first kappa shape index (κ1) is 26.4. The minimum Gasteiger partial charge on any atom is -0.456 e. The zero-order valence-corrected chi connectivity index (χ0v) is 26.3. The van der Waals surface area contributed by atoms with Crippen molar-refractivity contribution in [2.75, 3.05) is 4.90 Å². The summed E-state index contributed by atoms with van der Waals surface area (Å²) in [5.74, 6) is 0. The number of rotatable bonds is 3. The maximum Gasteiger partial charge on any atom is 0.135 e. The predicted molar refractivity (Wildman–Crippen MR) is 198 cm³/mol. The smallest absolute Gasteiger partial charge is 0.135 e. The molecule has 0 N–H and O–H groups in total. The van der Waals surface area contributed by atoms with Gasteiger partial charge in [-0.05, 0) is 91.6 Å². The average Bonchev–Trinajstić information content (AvgIpc) is 3.60. The highest BCUT2D eigenvalue weighted by Gasteiger charge is 2.36. The first-order valence-corrected chi connectivity index (χ1v) is 16.4. The molecular weight excluding hydrogens is 571 g/mol. The zero-order chi connectivity index (χ0) is 31.3. The van der Waals surface area contributed by atoms with Gasteiger partial charge in [-0.25, -0.2) is 0 Å². The number of anilines is 3. The fourth-order valence-corrected chi connectivity index (χ4v) is 8.15. The lowest BCUT2D eigenvalue weighted by atomic mass is 9.82. The molecular formula is C45H31NO. The Balaban J connectivity index is 1.29. The van der Waals surface area contributed by atoms with Crippen molar-refractivity contribution in [3.05, 3.63) is 163 Å². The van der Waals surface area contributed by atoms with Crippen LogP contribution in [-0.2, 0) is 5.41 Å². The lowest BCUT2D eigenvalue weighted by molar-refractivity contribution is 0.660. The predicted octanol–water partition coefficient (Wildman–Crippen LogP) is 12.8. The van der Waals surface area contributed by atoms with E-state index >= 15 is 0 Å². The van der Waals surface area contributed by atoms with Gasteiger partial charge in [-0.3, -0.25) is 0 Å². The van der Waals surface area contributed by atoms with E-state index in [9.17, 15) is 0 Å². The van der Waals surface area contributed by atoms with Crippen LogP contribution in [0.25, 0.3) is 65.4 Å². The van der Waals surface area contributed by atoms with Crippen LogP contribution < -0.4 is 4.90 Å². The fraction of sp³-hybridized carbons (Fsp3) is 0.0667. The maximum atomic E-state index is 6.27. The van der Waals surface area contributed by atoms with Crippen molar-refractivity contribution in [3.8, 4) is 11.1 Å². The summed E-state index contributed by atoms with van der Waals surface area (Å²) in [7, 11) is 0. The quantitative estimate of drug-likeness (QED) is 0.187. The van der Waals surface area contributed by atoms with Gasteiger partial charge in [0.2, 0.25) is 0 Å². The lowest BCUT2D eigenvalue weighted by Gasteiger charge is -2.29. The summed E-state index contributed by atoms with van der Waals surface area (Å²) >= 11 is 0. The summed E-state index contributed by atoms with van der Waals surface area (Å²) in [5, 5.41) is 9.77. The van der Waals surface area contributed by atoms with Crippen molar-refractivity contribution in [2.24, 2.45) is 0 Å². The van der Waals surface area contributed by atoms with Crippen LogP contribution >= 0.6 is 0 Å². The van der Waals surface area contributed by atoms with Gasteiger partial charge in [-0.1, -0.05) is 123 Å². The minimum absolute atomic E-state index is 0.108. The van der Waals surface area contributed by atoms with Gasteiger partial charge in [0, 0.05) is 32.9 Å². The van der Waals surface area contributed by atoms with E-state index in [0.717, 1.165) is 39.0 Å². The average molecular weight is 602 g/mol. The third kappa shape index (κ3) is 3.73. The summed E-state index contributed by atoms with van der Waals surface area (Å²) in [4.78, 5) is 2.46. The number of benzene rings is 8. The molecule has 2 heteroatoms. The molecule has 8 aromatic carbocycles. The number of furan rings is 1. The Bertz CT molecular complexity index is 2730. The molecule has 222 valence electrons. The minimum atomic E-state index is -0.108. The standard InChI is InChI=1S/C45H31NO/c1-45(2)39-15-7-5-13-34(39)35-24-20-31(27-40(35)45)46(30-21-25-43-38(26-30)36-14-6-8-17-42(36)47-43)41-16-9-11-29-19-22-33-32-12-4-3-10-28(32)18-23-37(33)44(29)41/h3-27H,1-2H3. The van der Waals surface area contributed by atoms with Crippen LogP contribution in [0.3, 0.4) is 0 Å². The van der Waals surface area contributed by atoms with Gasteiger partial charge < -0.3 is 9.32 Å². The molecule has 0 unspecified atom stereocenters. The molecule has 0 fully saturated rings. The van der Waals surface area contributed by atoms with Gasteiger partial charge in [0.15, 0.2) is 0 Å². The van der Waals surface area contributed by atoms with E-state index in [2.05, 4.69) is 158 Å². The van der Waals surface area contributed by atoms with Crippen molar-refractivity contribution in [2.45, 2.75) is 19.3 Å². The summed E-state index contributed by atoms with van der Waals surface area (Å²) in [6, 6.07) is 55.4. The van der Waals surface area contributed by atoms with Gasteiger partial charge in [0.25, 0.3) is 0 Å². The monoisotopic (exact) mass is 601 g/mol. The molecule has 10 rings (SSSR count). The summed E-state index contributed by atoms with van der Waals surface area (Å²) in [5.41, 5.74) is 10.5. The lowest BCUT2D eigenvalue weighted by Crippen LogP contribution is -2.16. The van der Waals surface area contributed by atoms with Crippen molar-refractivity contribution in [3.63, 3.8) is 0 Å². The molecule has 0 atom stereocenters. The van der Waals surface area contributed by atoms with Crippen LogP contribution in [0, 0.1) is 0 Å². The summed E-state index contributed by atoms with van der Waals surface area (Å²) < 4.78 is 6.27. The Kier molecular flexibility index (Phi) is 5.37. The molecule has 0 aliphatic heterocycles. The van der Waals surface area contributed by atoms with Crippen molar-refractivity contribution in [1.82, 2.24) is 0 Å². The molecule has 0 radical (unpaired) electrons. The Morgan fingerprint density at radius 3 is 2.06 bits per heavy atom. The Hall–Kier alpha value is -5.86. The SMILES string of the molecule is CC1(C)c2ccccc2-c2ccc(N(c3ccc4oc5ccccc5c4c3)c3cccc4ccc5c6ccccc6ccc5c34)cc21. The first-order chi connectivity index (χ1) is 23.1. The Labute approximate surface area is 273 Å². The molecule has 0 saturated carbocycles. The van der Waals surface area contributed by atoms with Crippen LogP contribution in [0.2, 0.25) is 0 Å². The molecule has 47 heavy (non-hydrogen) atoms. The molecule has 1 aromatic heterocycles. The van der Waals surface area contributed by atoms with E-state index < -0.39 is 0 Å². The van der Waals surface area contributed by atoms with E-state index in [1.165, 1.54) is 54.6 Å². The van der Waals surface area contributed by atoms with Crippen molar-refractivity contribution in [1.29, 1.82) is 0 Å². The molecule has 0 saturated heterocycles. The van der Waals surface area contributed by atoms with Crippen molar-refractivity contribution >= 4 is 71.3 Å². The Morgan fingerprint density at radius 2 is 1.13 bits per heavy atom. The van der Waals surface area contributed by atoms with E-state index in [1.54, 1.807) is 0 Å². The molecule has 1 aliphatic rings. The number of hydrogen-bond donors (Lipinski definition) is 0. The van der Waals surface area contributed by atoms with E-state index in [0.29, 0.717) is 0 Å². The van der Waals surface area contributed by atoms with Crippen LogP contribution in [0.1, 0.15) is 25.0 Å². The second-order valence-electron chi connectivity index (χ2n) is 13.3. The highest BCUT2D eigenvalue weighted by atomic mass is 16.3. The van der Waals surface area contributed by atoms with Crippen molar-refractivity contribution < 1.29 is 4.42 Å². The number of nitrogens with zero attached hydrogens (tertiary/aromatic N) is 1. The number of para-hydroxylation sites is 1. The zero-order valence-electron chi connectivity index (χ0n) is 26.3. The van der Waals surface area contributed by atoms with E-state index in [1.807, 2.05) is 12.1 Å². The normalized spacial score (nSPS) is 13.5. The summed E-state index contributed by atoms with van der Waals surface area (Å²) in [6.45, 7) is 4.71. The molecule has 0 amide bonds. The second kappa shape index (κ2) is 9.57. The highest BCUT2D eigenvalue weighted by molar-refractivity contribution is 6.21. The van der Waals surface area contributed by atoms with Gasteiger partial charge in [-0.2, -0.15) is 0 Å².